The summed E-state index contributed by atoms with van der Waals surface area (Å²) in [7, 11) is 0. The summed E-state index contributed by atoms with van der Waals surface area (Å²) in [6, 6.07) is 0. The Kier molecular flexibility index (Phi) is 16.4. The van der Waals surface area contributed by atoms with E-state index in [0.717, 1.165) is 12.8 Å². The first-order valence-electron chi connectivity index (χ1n) is 9.62. The lowest BCUT2D eigenvalue weighted by molar-refractivity contribution is -0.146. The Morgan fingerprint density at radius 3 is 1.48 bits per heavy atom. The zero-order valence-corrected chi connectivity index (χ0v) is 15.0. The molecule has 0 aromatic rings. The molecular weight excluding hydrogens is 288 g/mol. The first kappa shape index (κ1) is 21.9. The van der Waals surface area contributed by atoms with Gasteiger partial charge < -0.3 is 5.11 Å². The fourth-order valence-corrected chi connectivity index (χ4v) is 2.72. The van der Waals surface area contributed by atoms with Crippen LogP contribution in [0.25, 0.3) is 0 Å². The van der Waals surface area contributed by atoms with Gasteiger partial charge in [0.1, 0.15) is 0 Å². The average Bonchev–Trinajstić information content (AvgIpc) is 2.54. The highest BCUT2D eigenvalue weighted by Gasteiger charge is 2.04. The van der Waals surface area contributed by atoms with Crippen LogP contribution in [0.15, 0.2) is 12.2 Å². The van der Waals surface area contributed by atoms with Gasteiger partial charge in [-0.05, 0) is 18.9 Å². The molecular formula is C20H36O3. The second kappa shape index (κ2) is 17.2. The fraction of sp³-hybridized carbons (Fsp3) is 0.800. The predicted molar refractivity (Wildman–Crippen MR) is 96.7 cm³/mol. The summed E-state index contributed by atoms with van der Waals surface area (Å²) in [5.74, 6) is -2.20. The van der Waals surface area contributed by atoms with Gasteiger partial charge in [0, 0.05) is 0 Å². The van der Waals surface area contributed by atoms with Crippen molar-refractivity contribution < 1.29 is 14.7 Å². The Balaban J connectivity index is 3.13. The number of hydrogen-bond acceptors (Lipinski definition) is 2. The molecule has 0 radical (unpaired) electrons. The molecule has 0 aliphatic carbocycles. The molecule has 0 fully saturated rings. The number of carbonyl (C=O) groups excluding carboxylic acids is 1. The number of hydrogen-bond donors (Lipinski definition) is 1. The molecule has 0 aliphatic heterocycles. The van der Waals surface area contributed by atoms with Crippen LogP contribution >= 0.6 is 0 Å². The normalized spacial score (nSPS) is 11.2. The highest BCUT2D eigenvalue weighted by atomic mass is 16.4. The Bertz CT molecular complexity index is 321. The topological polar surface area (TPSA) is 54.4 Å². The van der Waals surface area contributed by atoms with E-state index in [-0.39, 0.29) is 0 Å². The third-order valence-electron chi connectivity index (χ3n) is 4.20. The zero-order valence-electron chi connectivity index (χ0n) is 15.0. The third-order valence-corrected chi connectivity index (χ3v) is 4.20. The van der Waals surface area contributed by atoms with Gasteiger partial charge in [0.15, 0.2) is 0 Å². The van der Waals surface area contributed by atoms with Crippen molar-refractivity contribution in [3.05, 3.63) is 12.2 Å². The summed E-state index contributed by atoms with van der Waals surface area (Å²) in [6.45, 7) is 2.26. The smallest absolute Gasteiger partial charge is 0.376 e. The molecule has 3 heteroatoms. The lowest BCUT2D eigenvalue weighted by atomic mass is 10.0. The summed E-state index contributed by atoms with van der Waals surface area (Å²) in [5.41, 5.74) is 0. The monoisotopic (exact) mass is 324 g/mol. The van der Waals surface area contributed by atoms with E-state index in [4.69, 9.17) is 5.11 Å². The van der Waals surface area contributed by atoms with Crippen LogP contribution < -0.4 is 0 Å². The summed E-state index contributed by atoms with van der Waals surface area (Å²) < 4.78 is 0. The van der Waals surface area contributed by atoms with Gasteiger partial charge in [-0.1, -0.05) is 96.5 Å². The SMILES string of the molecule is CCCCCCCCCCCCCCCCC=CC(=O)C(=O)O. The molecule has 0 saturated heterocycles. The quantitative estimate of drug-likeness (QED) is 0.201. The van der Waals surface area contributed by atoms with E-state index in [9.17, 15) is 9.59 Å². The minimum absolute atomic E-state index is 0.803. The molecule has 0 aromatic heterocycles. The van der Waals surface area contributed by atoms with E-state index < -0.39 is 11.8 Å². The number of rotatable bonds is 17. The van der Waals surface area contributed by atoms with Crippen molar-refractivity contribution in [3.63, 3.8) is 0 Å². The number of ketones is 1. The van der Waals surface area contributed by atoms with E-state index in [0.29, 0.717) is 0 Å². The summed E-state index contributed by atoms with van der Waals surface area (Å²) in [6.07, 6.45) is 22.3. The molecule has 0 heterocycles. The number of carboxylic acid groups (broad SMARTS) is 1. The van der Waals surface area contributed by atoms with E-state index in [1.807, 2.05) is 0 Å². The van der Waals surface area contributed by atoms with Crippen LogP contribution in [0.2, 0.25) is 0 Å². The Morgan fingerprint density at radius 2 is 1.09 bits per heavy atom. The maximum Gasteiger partial charge on any atom is 0.376 e. The van der Waals surface area contributed by atoms with Crippen LogP contribution in [0.5, 0.6) is 0 Å². The molecule has 0 unspecified atom stereocenters. The molecule has 0 spiro atoms. The van der Waals surface area contributed by atoms with Crippen molar-refractivity contribution in [2.75, 3.05) is 0 Å². The van der Waals surface area contributed by atoms with Crippen molar-refractivity contribution in [2.45, 2.75) is 103 Å². The van der Waals surface area contributed by atoms with E-state index in [2.05, 4.69) is 6.92 Å². The highest BCUT2D eigenvalue weighted by molar-refractivity contribution is 6.37. The lowest BCUT2D eigenvalue weighted by Gasteiger charge is -2.02. The van der Waals surface area contributed by atoms with Gasteiger partial charge in [0.05, 0.1) is 0 Å². The maximum atomic E-state index is 10.8. The van der Waals surface area contributed by atoms with Crippen molar-refractivity contribution >= 4 is 11.8 Å². The minimum Gasteiger partial charge on any atom is -0.475 e. The minimum atomic E-state index is -1.37. The largest absolute Gasteiger partial charge is 0.475 e. The zero-order chi connectivity index (χ0) is 17.2. The summed E-state index contributed by atoms with van der Waals surface area (Å²) >= 11 is 0. The second-order valence-corrected chi connectivity index (χ2v) is 6.46. The molecule has 0 bridgehead atoms. The molecule has 0 aliphatic rings. The molecule has 0 saturated carbocycles. The Hall–Kier alpha value is -1.12. The van der Waals surface area contributed by atoms with E-state index >= 15 is 0 Å². The van der Waals surface area contributed by atoms with E-state index in [1.165, 1.54) is 89.5 Å². The maximum absolute atomic E-state index is 10.8. The molecule has 23 heavy (non-hydrogen) atoms. The number of carbonyl (C=O) groups is 2. The number of allylic oxidation sites excluding steroid dienone is 1. The van der Waals surface area contributed by atoms with Crippen molar-refractivity contribution in [1.29, 1.82) is 0 Å². The van der Waals surface area contributed by atoms with Crippen LogP contribution in [0.1, 0.15) is 103 Å². The average molecular weight is 325 g/mol. The van der Waals surface area contributed by atoms with Crippen LogP contribution in [0.3, 0.4) is 0 Å². The van der Waals surface area contributed by atoms with Crippen LogP contribution in [-0.2, 0) is 9.59 Å². The van der Waals surface area contributed by atoms with Gasteiger partial charge in [0.25, 0.3) is 5.78 Å². The molecule has 0 atom stereocenters. The standard InChI is InChI=1S/C20H36O3/c1-2-3-4-5-6-7-8-9-10-11-12-13-14-15-16-17-18-19(21)20(22)23/h17-18H,2-16H2,1H3,(H,22,23). The number of carboxylic acids is 1. The van der Waals surface area contributed by atoms with Crippen LogP contribution in [0.4, 0.5) is 0 Å². The fourth-order valence-electron chi connectivity index (χ4n) is 2.72. The molecule has 3 nitrogen and oxygen atoms in total. The first-order chi connectivity index (χ1) is 11.2. The van der Waals surface area contributed by atoms with Gasteiger partial charge in [-0.3, -0.25) is 4.79 Å². The van der Waals surface area contributed by atoms with Gasteiger partial charge in [-0.15, -0.1) is 0 Å². The van der Waals surface area contributed by atoms with Crippen molar-refractivity contribution in [1.82, 2.24) is 0 Å². The molecule has 1 N–H and O–H groups in total. The molecule has 134 valence electrons. The molecule has 0 rings (SSSR count). The van der Waals surface area contributed by atoms with Crippen LogP contribution in [0, 0.1) is 0 Å². The third kappa shape index (κ3) is 17.1. The molecule has 0 amide bonds. The summed E-state index contributed by atoms with van der Waals surface area (Å²) in [4.78, 5) is 21.1. The van der Waals surface area contributed by atoms with Crippen LogP contribution in [-0.4, -0.2) is 16.9 Å². The van der Waals surface area contributed by atoms with Crippen molar-refractivity contribution in [3.8, 4) is 0 Å². The van der Waals surface area contributed by atoms with Gasteiger partial charge >= 0.3 is 5.97 Å². The Labute approximate surface area is 142 Å². The van der Waals surface area contributed by atoms with Gasteiger partial charge in [-0.25, -0.2) is 4.79 Å². The summed E-state index contributed by atoms with van der Waals surface area (Å²) in [5, 5.41) is 8.41. The first-order valence-corrected chi connectivity index (χ1v) is 9.62. The number of aliphatic carboxylic acids is 1. The predicted octanol–water partition coefficient (Wildman–Crippen LogP) is 6.07. The lowest BCUT2D eigenvalue weighted by Crippen LogP contribution is -2.08. The highest BCUT2D eigenvalue weighted by Crippen LogP contribution is 2.13. The van der Waals surface area contributed by atoms with Crippen molar-refractivity contribution in [2.24, 2.45) is 0 Å². The Morgan fingerprint density at radius 1 is 0.696 bits per heavy atom. The van der Waals surface area contributed by atoms with Gasteiger partial charge in [0.2, 0.25) is 0 Å². The number of unbranched alkanes of at least 4 members (excludes halogenated alkanes) is 14. The second-order valence-electron chi connectivity index (χ2n) is 6.46. The van der Waals surface area contributed by atoms with Gasteiger partial charge in [-0.2, -0.15) is 0 Å². The molecule has 0 aromatic carbocycles. The van der Waals surface area contributed by atoms with E-state index in [1.54, 1.807) is 6.08 Å².